The molecule has 0 aliphatic rings. The fourth-order valence-electron chi connectivity index (χ4n) is 1.89. The average molecular weight is 350 g/mol. The Kier molecular flexibility index (Phi) is 5.18. The van der Waals surface area contributed by atoms with Crippen LogP contribution in [0.4, 0.5) is 4.39 Å². The number of halogens is 2. The molecule has 0 aromatic heterocycles. The Morgan fingerprint density at radius 3 is 2.71 bits per heavy atom. The molecular weight excluding hydrogens is 337 g/mol. The van der Waals surface area contributed by atoms with E-state index in [0.717, 1.165) is 11.3 Å². The molecule has 5 heteroatoms. The van der Waals surface area contributed by atoms with Crippen LogP contribution in [0.2, 0.25) is 0 Å². The van der Waals surface area contributed by atoms with E-state index in [2.05, 4.69) is 15.9 Å². The van der Waals surface area contributed by atoms with Crippen molar-refractivity contribution in [1.82, 2.24) is 0 Å². The van der Waals surface area contributed by atoms with E-state index >= 15 is 0 Å². The Balaban J connectivity index is 2.16. The first kappa shape index (κ1) is 15.3. The SMILES string of the molecule is COc1ccc(OCc2cc(F)cc(C#N)c2)c(CBr)c1. The largest absolute Gasteiger partial charge is 0.497 e. The van der Waals surface area contributed by atoms with Crippen LogP contribution < -0.4 is 9.47 Å². The lowest BCUT2D eigenvalue weighted by Crippen LogP contribution is -1.99. The van der Waals surface area contributed by atoms with E-state index in [1.165, 1.54) is 12.1 Å². The van der Waals surface area contributed by atoms with Gasteiger partial charge in [-0.05, 0) is 42.0 Å². The lowest BCUT2D eigenvalue weighted by atomic mass is 10.1. The van der Waals surface area contributed by atoms with Crippen LogP contribution in [0, 0.1) is 17.1 Å². The van der Waals surface area contributed by atoms with Gasteiger partial charge in [-0.1, -0.05) is 15.9 Å². The van der Waals surface area contributed by atoms with Gasteiger partial charge in [-0.2, -0.15) is 5.26 Å². The van der Waals surface area contributed by atoms with Gasteiger partial charge in [0.15, 0.2) is 0 Å². The first-order valence-electron chi connectivity index (χ1n) is 6.21. The molecule has 0 amide bonds. The summed E-state index contributed by atoms with van der Waals surface area (Å²) in [7, 11) is 1.60. The predicted octanol–water partition coefficient (Wildman–Crippen LogP) is 4.18. The molecule has 0 saturated heterocycles. The Hall–Kier alpha value is -2.06. The highest BCUT2D eigenvalue weighted by Crippen LogP contribution is 2.27. The highest BCUT2D eigenvalue weighted by atomic mass is 79.9. The summed E-state index contributed by atoms with van der Waals surface area (Å²) in [5.74, 6) is 0.993. The van der Waals surface area contributed by atoms with E-state index in [9.17, 15) is 4.39 Å². The van der Waals surface area contributed by atoms with Crippen molar-refractivity contribution in [2.24, 2.45) is 0 Å². The second-order valence-electron chi connectivity index (χ2n) is 4.36. The van der Waals surface area contributed by atoms with Gasteiger partial charge in [-0.15, -0.1) is 0 Å². The third kappa shape index (κ3) is 3.96. The summed E-state index contributed by atoms with van der Waals surface area (Å²) < 4.78 is 24.2. The molecule has 0 saturated carbocycles. The summed E-state index contributed by atoms with van der Waals surface area (Å²) >= 11 is 3.39. The van der Waals surface area contributed by atoms with Crippen LogP contribution >= 0.6 is 15.9 Å². The van der Waals surface area contributed by atoms with E-state index < -0.39 is 5.82 Å². The van der Waals surface area contributed by atoms with Crippen LogP contribution in [-0.2, 0) is 11.9 Å². The molecule has 0 unspecified atom stereocenters. The standard InChI is InChI=1S/C16H13BrFNO2/c1-20-15-2-3-16(13(7-15)8-17)21-10-12-4-11(9-19)5-14(18)6-12/h2-7H,8,10H2,1H3. The zero-order valence-corrected chi connectivity index (χ0v) is 13.0. The number of alkyl halides is 1. The number of ether oxygens (including phenoxy) is 2. The van der Waals surface area contributed by atoms with E-state index in [0.29, 0.717) is 16.6 Å². The summed E-state index contributed by atoms with van der Waals surface area (Å²) in [5.41, 5.74) is 1.83. The van der Waals surface area contributed by atoms with Gasteiger partial charge in [0.1, 0.15) is 23.9 Å². The molecule has 0 spiro atoms. The molecule has 3 nitrogen and oxygen atoms in total. The number of methoxy groups -OCH3 is 1. The van der Waals surface area contributed by atoms with Crippen molar-refractivity contribution in [1.29, 1.82) is 5.26 Å². The van der Waals surface area contributed by atoms with Gasteiger partial charge in [0.05, 0.1) is 18.7 Å². The lowest BCUT2D eigenvalue weighted by Gasteiger charge is -2.12. The molecule has 108 valence electrons. The molecule has 0 aliphatic carbocycles. The van der Waals surface area contributed by atoms with Crippen molar-refractivity contribution in [2.45, 2.75) is 11.9 Å². The van der Waals surface area contributed by atoms with Crippen LogP contribution in [0.5, 0.6) is 11.5 Å². The van der Waals surface area contributed by atoms with Crippen molar-refractivity contribution < 1.29 is 13.9 Å². The minimum absolute atomic E-state index is 0.193. The van der Waals surface area contributed by atoms with Crippen molar-refractivity contribution in [3.8, 4) is 17.6 Å². The molecule has 0 N–H and O–H groups in total. The summed E-state index contributed by atoms with van der Waals surface area (Å²) in [4.78, 5) is 0. The Morgan fingerprint density at radius 2 is 2.05 bits per heavy atom. The van der Waals surface area contributed by atoms with Crippen molar-refractivity contribution >= 4 is 15.9 Å². The van der Waals surface area contributed by atoms with Crippen LogP contribution in [0.25, 0.3) is 0 Å². The molecule has 0 radical (unpaired) electrons. The third-order valence-corrected chi connectivity index (χ3v) is 3.50. The van der Waals surface area contributed by atoms with Gasteiger partial charge in [0, 0.05) is 10.9 Å². The number of hydrogen-bond donors (Lipinski definition) is 0. The van der Waals surface area contributed by atoms with Gasteiger partial charge in [-0.3, -0.25) is 0 Å². The predicted molar refractivity (Wildman–Crippen MR) is 81.1 cm³/mol. The molecular formula is C16H13BrFNO2. The number of nitriles is 1. The van der Waals surface area contributed by atoms with Crippen molar-refractivity contribution in [3.63, 3.8) is 0 Å². The highest BCUT2D eigenvalue weighted by Gasteiger charge is 2.06. The van der Waals surface area contributed by atoms with Gasteiger partial charge >= 0.3 is 0 Å². The van der Waals surface area contributed by atoms with Crippen LogP contribution in [0.3, 0.4) is 0 Å². The molecule has 0 heterocycles. The van der Waals surface area contributed by atoms with E-state index in [4.69, 9.17) is 14.7 Å². The second kappa shape index (κ2) is 7.09. The monoisotopic (exact) mass is 349 g/mol. The lowest BCUT2D eigenvalue weighted by molar-refractivity contribution is 0.302. The number of rotatable bonds is 5. The average Bonchev–Trinajstić information content (AvgIpc) is 2.52. The first-order valence-corrected chi connectivity index (χ1v) is 7.33. The maximum atomic E-state index is 13.4. The molecule has 0 aliphatic heterocycles. The topological polar surface area (TPSA) is 42.2 Å². The fraction of sp³-hybridized carbons (Fsp3) is 0.188. The smallest absolute Gasteiger partial charge is 0.124 e. The van der Waals surface area contributed by atoms with Gasteiger partial charge in [0.25, 0.3) is 0 Å². The summed E-state index contributed by atoms with van der Waals surface area (Å²) in [6.45, 7) is 0.193. The Bertz CT molecular complexity index is 682. The molecule has 0 fully saturated rings. The van der Waals surface area contributed by atoms with Crippen LogP contribution in [-0.4, -0.2) is 7.11 Å². The maximum Gasteiger partial charge on any atom is 0.124 e. The molecule has 2 rings (SSSR count). The number of benzene rings is 2. The number of nitrogens with zero attached hydrogens (tertiary/aromatic N) is 1. The zero-order valence-electron chi connectivity index (χ0n) is 11.4. The van der Waals surface area contributed by atoms with Gasteiger partial charge in [0.2, 0.25) is 0 Å². The molecule has 21 heavy (non-hydrogen) atoms. The summed E-state index contributed by atoms with van der Waals surface area (Å²) in [6, 6.07) is 11.6. The minimum Gasteiger partial charge on any atom is -0.497 e. The minimum atomic E-state index is -0.442. The van der Waals surface area contributed by atoms with Gasteiger partial charge in [-0.25, -0.2) is 4.39 Å². The fourth-order valence-corrected chi connectivity index (χ4v) is 2.33. The second-order valence-corrected chi connectivity index (χ2v) is 4.92. The highest BCUT2D eigenvalue weighted by molar-refractivity contribution is 9.08. The van der Waals surface area contributed by atoms with E-state index in [1.54, 1.807) is 25.3 Å². The maximum absolute atomic E-state index is 13.4. The normalized spacial score (nSPS) is 10.0. The van der Waals surface area contributed by atoms with Gasteiger partial charge < -0.3 is 9.47 Å². The first-order chi connectivity index (χ1) is 10.2. The molecule has 0 atom stereocenters. The quantitative estimate of drug-likeness (QED) is 0.760. The third-order valence-electron chi connectivity index (χ3n) is 2.89. The van der Waals surface area contributed by atoms with Crippen molar-refractivity contribution in [2.75, 3.05) is 7.11 Å². The number of hydrogen-bond acceptors (Lipinski definition) is 3. The molecule has 2 aromatic carbocycles. The Morgan fingerprint density at radius 1 is 1.24 bits per heavy atom. The molecule has 0 bridgehead atoms. The summed E-state index contributed by atoms with van der Waals surface area (Å²) in [5, 5.41) is 9.45. The molecule has 2 aromatic rings. The zero-order chi connectivity index (χ0) is 15.2. The van der Waals surface area contributed by atoms with Crippen LogP contribution in [0.1, 0.15) is 16.7 Å². The Labute approximate surface area is 131 Å². The van der Waals surface area contributed by atoms with Crippen molar-refractivity contribution in [3.05, 3.63) is 58.9 Å². The summed E-state index contributed by atoms with van der Waals surface area (Å²) in [6.07, 6.45) is 0. The van der Waals surface area contributed by atoms with E-state index in [-0.39, 0.29) is 12.2 Å². The van der Waals surface area contributed by atoms with Crippen LogP contribution in [0.15, 0.2) is 36.4 Å². The van der Waals surface area contributed by atoms with E-state index in [1.807, 2.05) is 12.1 Å².